The van der Waals surface area contributed by atoms with Crippen LogP contribution < -0.4 is 5.32 Å². The second-order valence-corrected chi connectivity index (χ2v) is 7.47. The number of benzene rings is 2. The van der Waals surface area contributed by atoms with Crippen molar-refractivity contribution in [1.82, 2.24) is 5.32 Å². The molecule has 3 rings (SSSR count). The minimum atomic E-state index is -3.42. The molecule has 0 spiro atoms. The Morgan fingerprint density at radius 1 is 1.05 bits per heavy atom. The van der Waals surface area contributed by atoms with Gasteiger partial charge in [0.25, 0.3) is 0 Å². The zero-order chi connectivity index (χ0) is 14.9. The van der Waals surface area contributed by atoms with Crippen LogP contribution >= 0.6 is 0 Å². The topological polar surface area (TPSA) is 46.2 Å². The van der Waals surface area contributed by atoms with E-state index in [1.165, 1.54) is 5.56 Å². The Kier molecular flexibility index (Phi) is 3.83. The predicted molar refractivity (Wildman–Crippen MR) is 83.3 cm³/mol. The molecule has 1 aliphatic rings. The molecule has 0 saturated carbocycles. The molecule has 0 aromatic heterocycles. The molecule has 0 aliphatic carbocycles. The second-order valence-electron chi connectivity index (χ2n) is 5.52. The van der Waals surface area contributed by atoms with Crippen LogP contribution in [0, 0.1) is 6.92 Å². The van der Waals surface area contributed by atoms with Crippen LogP contribution in [-0.2, 0) is 9.84 Å². The van der Waals surface area contributed by atoms with Gasteiger partial charge >= 0.3 is 0 Å². The first-order valence-electron chi connectivity index (χ1n) is 7.20. The van der Waals surface area contributed by atoms with E-state index in [1.807, 2.05) is 19.1 Å². The Bertz CT molecular complexity index is 733. The van der Waals surface area contributed by atoms with Crippen molar-refractivity contribution in [3.63, 3.8) is 0 Å². The van der Waals surface area contributed by atoms with E-state index in [9.17, 15) is 8.42 Å². The van der Waals surface area contributed by atoms with Crippen molar-refractivity contribution >= 4 is 9.84 Å². The highest BCUT2D eigenvalue weighted by molar-refractivity contribution is 7.91. The van der Waals surface area contributed by atoms with Gasteiger partial charge in [0.2, 0.25) is 9.84 Å². The predicted octanol–water partition coefficient (Wildman–Crippen LogP) is 2.90. The van der Waals surface area contributed by atoms with Gasteiger partial charge in [-0.2, -0.15) is 0 Å². The van der Waals surface area contributed by atoms with Gasteiger partial charge in [0.15, 0.2) is 0 Å². The first-order valence-corrected chi connectivity index (χ1v) is 8.69. The van der Waals surface area contributed by atoms with Gasteiger partial charge in [-0.25, -0.2) is 8.42 Å². The van der Waals surface area contributed by atoms with E-state index in [2.05, 4.69) is 5.32 Å². The second kappa shape index (κ2) is 5.62. The van der Waals surface area contributed by atoms with Crippen molar-refractivity contribution in [1.29, 1.82) is 0 Å². The van der Waals surface area contributed by atoms with E-state index in [0.29, 0.717) is 15.7 Å². The van der Waals surface area contributed by atoms with Gasteiger partial charge < -0.3 is 5.32 Å². The van der Waals surface area contributed by atoms with E-state index >= 15 is 0 Å². The first kappa shape index (κ1) is 14.3. The molecule has 0 bridgehead atoms. The molecular weight excluding hydrogens is 282 g/mol. The molecule has 0 radical (unpaired) electrons. The molecule has 2 aromatic carbocycles. The summed E-state index contributed by atoms with van der Waals surface area (Å²) in [6.45, 7) is 4.01. The highest BCUT2D eigenvalue weighted by atomic mass is 32.2. The maximum atomic E-state index is 12.6. The molecule has 1 heterocycles. The monoisotopic (exact) mass is 301 g/mol. The highest BCUT2D eigenvalue weighted by Crippen LogP contribution is 2.29. The Hall–Kier alpha value is -1.65. The number of hydrogen-bond acceptors (Lipinski definition) is 3. The molecule has 1 saturated heterocycles. The van der Waals surface area contributed by atoms with Crippen molar-refractivity contribution in [2.75, 3.05) is 13.1 Å². The third-order valence-corrected chi connectivity index (χ3v) is 5.87. The Labute approximate surface area is 125 Å². The van der Waals surface area contributed by atoms with Gasteiger partial charge in [0.05, 0.1) is 9.79 Å². The summed E-state index contributed by atoms with van der Waals surface area (Å²) in [6.07, 6.45) is 1.12. The summed E-state index contributed by atoms with van der Waals surface area (Å²) < 4.78 is 25.2. The lowest BCUT2D eigenvalue weighted by molar-refractivity contribution is 0.596. The summed E-state index contributed by atoms with van der Waals surface area (Å²) in [4.78, 5) is 0.723. The van der Waals surface area contributed by atoms with E-state index in [-0.39, 0.29) is 0 Å². The number of nitrogens with one attached hydrogen (secondary N) is 1. The molecule has 4 heteroatoms. The van der Waals surface area contributed by atoms with Crippen LogP contribution in [0.25, 0.3) is 0 Å². The van der Waals surface area contributed by atoms with Crippen molar-refractivity contribution in [2.45, 2.75) is 29.1 Å². The molecule has 21 heavy (non-hydrogen) atoms. The first-order chi connectivity index (χ1) is 10.1. The molecule has 1 atom stereocenters. The zero-order valence-electron chi connectivity index (χ0n) is 12.0. The van der Waals surface area contributed by atoms with Crippen LogP contribution in [-0.4, -0.2) is 21.5 Å². The standard InChI is InChI=1S/C17H19NO2S/c1-13-11-16(7-8-17(13)14-9-10-18-12-14)21(19,20)15-5-3-2-4-6-15/h2-8,11,14,18H,9-10,12H2,1H3. The van der Waals surface area contributed by atoms with Crippen molar-refractivity contribution in [2.24, 2.45) is 0 Å². The minimum Gasteiger partial charge on any atom is -0.316 e. The molecule has 1 unspecified atom stereocenters. The normalized spacial score (nSPS) is 18.8. The average molecular weight is 301 g/mol. The van der Waals surface area contributed by atoms with Crippen LogP contribution in [0.1, 0.15) is 23.5 Å². The van der Waals surface area contributed by atoms with Crippen LogP contribution in [0.2, 0.25) is 0 Å². The van der Waals surface area contributed by atoms with Gasteiger partial charge in [-0.3, -0.25) is 0 Å². The molecule has 0 amide bonds. The summed E-state index contributed by atoms with van der Waals surface area (Å²) in [5.41, 5.74) is 2.31. The lowest BCUT2D eigenvalue weighted by Crippen LogP contribution is -2.09. The minimum absolute atomic E-state index is 0.347. The summed E-state index contributed by atoms with van der Waals surface area (Å²) in [7, 11) is -3.42. The maximum absolute atomic E-state index is 12.6. The summed E-state index contributed by atoms with van der Waals surface area (Å²) >= 11 is 0. The van der Waals surface area contributed by atoms with Crippen molar-refractivity contribution in [3.8, 4) is 0 Å². The fourth-order valence-corrected chi connectivity index (χ4v) is 4.30. The van der Waals surface area contributed by atoms with Crippen molar-refractivity contribution in [3.05, 3.63) is 59.7 Å². The number of aryl methyl sites for hydroxylation is 1. The molecule has 1 fully saturated rings. The largest absolute Gasteiger partial charge is 0.316 e. The van der Waals surface area contributed by atoms with E-state index in [0.717, 1.165) is 25.1 Å². The Morgan fingerprint density at radius 2 is 1.81 bits per heavy atom. The molecule has 2 aromatic rings. The van der Waals surface area contributed by atoms with Gasteiger partial charge in [0.1, 0.15) is 0 Å². The third kappa shape index (κ3) is 2.74. The van der Waals surface area contributed by atoms with Gasteiger partial charge in [0, 0.05) is 6.54 Å². The van der Waals surface area contributed by atoms with Crippen LogP contribution in [0.5, 0.6) is 0 Å². The fourth-order valence-electron chi connectivity index (χ4n) is 2.93. The van der Waals surface area contributed by atoms with Gasteiger partial charge in [-0.15, -0.1) is 0 Å². The van der Waals surface area contributed by atoms with Crippen LogP contribution in [0.15, 0.2) is 58.3 Å². The smallest absolute Gasteiger partial charge is 0.206 e. The zero-order valence-corrected chi connectivity index (χ0v) is 12.9. The van der Waals surface area contributed by atoms with Crippen LogP contribution in [0.4, 0.5) is 0 Å². The van der Waals surface area contributed by atoms with Gasteiger partial charge in [-0.1, -0.05) is 24.3 Å². The quantitative estimate of drug-likeness (QED) is 0.948. The van der Waals surface area contributed by atoms with Crippen molar-refractivity contribution < 1.29 is 8.42 Å². The molecule has 110 valence electrons. The average Bonchev–Trinajstić information content (AvgIpc) is 3.02. The summed E-state index contributed by atoms with van der Waals surface area (Å²) in [6, 6.07) is 14.1. The van der Waals surface area contributed by atoms with Crippen LogP contribution in [0.3, 0.4) is 0 Å². The number of rotatable bonds is 3. The maximum Gasteiger partial charge on any atom is 0.206 e. The summed E-state index contributed by atoms with van der Waals surface area (Å²) in [5.74, 6) is 0.499. The SMILES string of the molecule is Cc1cc(S(=O)(=O)c2ccccc2)ccc1C1CCNC1. The lowest BCUT2D eigenvalue weighted by Gasteiger charge is -2.14. The molecular formula is C17H19NO2S. The van der Waals surface area contributed by atoms with E-state index < -0.39 is 9.84 Å². The Balaban J connectivity index is 1.98. The third-order valence-electron chi connectivity index (χ3n) is 4.11. The molecule has 1 N–H and O–H groups in total. The molecule has 3 nitrogen and oxygen atoms in total. The van der Waals surface area contributed by atoms with E-state index in [4.69, 9.17) is 0 Å². The number of hydrogen-bond donors (Lipinski definition) is 1. The summed E-state index contributed by atoms with van der Waals surface area (Å²) in [5, 5.41) is 3.35. The van der Waals surface area contributed by atoms with E-state index in [1.54, 1.807) is 36.4 Å². The molecule has 1 aliphatic heterocycles. The Morgan fingerprint density at radius 3 is 2.43 bits per heavy atom. The lowest BCUT2D eigenvalue weighted by atomic mass is 9.94. The number of sulfone groups is 1. The highest BCUT2D eigenvalue weighted by Gasteiger charge is 2.22. The van der Waals surface area contributed by atoms with Gasteiger partial charge in [-0.05, 0) is 61.2 Å². The fraction of sp³-hybridized carbons (Fsp3) is 0.294.